The van der Waals surface area contributed by atoms with Crippen LogP contribution < -0.4 is 0 Å². The Morgan fingerprint density at radius 2 is 0.938 bits per heavy atom. The number of hydrogen-bond acceptors (Lipinski definition) is 0. The summed E-state index contributed by atoms with van der Waals surface area (Å²) in [6.45, 7) is 23.1. The van der Waals surface area contributed by atoms with Gasteiger partial charge in [0.1, 0.15) is 0 Å². The van der Waals surface area contributed by atoms with Crippen LogP contribution in [0.2, 0.25) is 0 Å². The van der Waals surface area contributed by atoms with Gasteiger partial charge in [0, 0.05) is 0 Å². The van der Waals surface area contributed by atoms with Gasteiger partial charge in [-0.1, -0.05) is 106 Å². The van der Waals surface area contributed by atoms with Gasteiger partial charge in [-0.2, -0.15) is 0 Å². The molecular weight excluding hydrogens is 384 g/mol. The van der Waals surface area contributed by atoms with E-state index in [4.69, 9.17) is 0 Å². The van der Waals surface area contributed by atoms with Crippen LogP contribution in [0.15, 0.2) is 24.3 Å². The number of benzene rings is 2. The second-order valence-electron chi connectivity index (χ2n) is 11.8. The summed E-state index contributed by atoms with van der Waals surface area (Å²) < 4.78 is 0. The normalized spacial score (nSPS) is 14.4. The largest absolute Gasteiger partial charge is 0.0654 e. The Kier molecular flexibility index (Phi) is 9.21. The second kappa shape index (κ2) is 11.0. The van der Waals surface area contributed by atoms with E-state index in [2.05, 4.69) is 106 Å². The van der Waals surface area contributed by atoms with Crippen LogP contribution in [0.3, 0.4) is 0 Å². The van der Waals surface area contributed by atoms with Crippen LogP contribution in [0.25, 0.3) is 11.1 Å². The van der Waals surface area contributed by atoms with Gasteiger partial charge in [-0.15, -0.1) is 0 Å². The molecule has 0 N–H and O–H groups in total. The molecule has 0 heteroatoms. The first kappa shape index (κ1) is 26.7. The molecular formula is C32H48. The zero-order valence-electron chi connectivity index (χ0n) is 22.7. The monoisotopic (exact) mass is 432 g/mol. The predicted molar refractivity (Wildman–Crippen MR) is 143 cm³/mol. The van der Waals surface area contributed by atoms with Gasteiger partial charge in [0.15, 0.2) is 0 Å². The van der Waals surface area contributed by atoms with Crippen LogP contribution in [0, 0.1) is 12.1 Å². The minimum absolute atomic E-state index is 0.0773. The molecule has 2 aromatic carbocycles. The van der Waals surface area contributed by atoms with Gasteiger partial charge in [0.2, 0.25) is 0 Å². The van der Waals surface area contributed by atoms with Crippen molar-refractivity contribution in [3.05, 3.63) is 58.7 Å². The fourth-order valence-corrected chi connectivity index (χ4v) is 4.66. The van der Waals surface area contributed by atoms with E-state index in [9.17, 15) is 0 Å². The fourth-order valence-electron chi connectivity index (χ4n) is 4.66. The van der Waals surface area contributed by atoms with E-state index in [0.29, 0.717) is 11.8 Å². The third kappa shape index (κ3) is 6.72. The van der Waals surface area contributed by atoms with Gasteiger partial charge >= 0.3 is 0 Å². The van der Waals surface area contributed by atoms with Gasteiger partial charge in [0.25, 0.3) is 0 Å². The lowest BCUT2D eigenvalue weighted by Gasteiger charge is -2.26. The molecule has 0 amide bonds. The Morgan fingerprint density at radius 1 is 0.594 bits per heavy atom. The number of rotatable bonds is 9. The standard InChI is InChI=1S/C32H48/c1-11-15-23(13-3)25-17-27(21-29(19-25)31(5,6)7)28-18-26(24(14-4)16-12-2)20-30(22-28)32(8,9)10/h17-20,23-24H,11-16H2,1-10H3. The summed E-state index contributed by atoms with van der Waals surface area (Å²) in [5, 5.41) is 0. The molecule has 176 valence electrons. The molecule has 0 aliphatic rings. The van der Waals surface area contributed by atoms with Crippen molar-refractivity contribution in [2.45, 2.75) is 130 Å². The molecule has 0 aliphatic heterocycles. The van der Waals surface area contributed by atoms with Gasteiger partial charge in [-0.25, -0.2) is 0 Å². The highest BCUT2D eigenvalue weighted by molar-refractivity contribution is 5.67. The Balaban J connectivity index is 2.76. The Morgan fingerprint density at radius 3 is 1.19 bits per heavy atom. The Hall–Kier alpha value is -1.56. The van der Waals surface area contributed by atoms with Crippen molar-refractivity contribution in [3.8, 4) is 11.1 Å². The van der Waals surface area contributed by atoms with Gasteiger partial charge in [0.05, 0.1) is 0 Å². The lowest BCUT2D eigenvalue weighted by atomic mass is 9.78. The molecule has 2 unspecified atom stereocenters. The first-order chi connectivity index (χ1) is 14.9. The molecule has 2 atom stereocenters. The maximum absolute atomic E-state index is 3.83. The maximum atomic E-state index is 3.83. The summed E-state index contributed by atoms with van der Waals surface area (Å²) in [6.07, 6.45) is 7.31. The molecule has 0 saturated carbocycles. The maximum Gasteiger partial charge on any atom is -0.00583 e. The smallest absolute Gasteiger partial charge is 0.00583 e. The third-order valence-corrected chi connectivity index (χ3v) is 6.89. The summed E-state index contributed by atoms with van der Waals surface area (Å²) in [6, 6.07) is 17.3. The van der Waals surface area contributed by atoms with Crippen LogP contribution in [0.5, 0.6) is 0 Å². The van der Waals surface area contributed by atoms with Crippen LogP contribution >= 0.6 is 0 Å². The number of hydrogen-bond donors (Lipinski definition) is 0. The van der Waals surface area contributed by atoms with E-state index in [1.54, 1.807) is 0 Å². The highest BCUT2D eigenvalue weighted by Gasteiger charge is 2.22. The van der Waals surface area contributed by atoms with Crippen LogP contribution in [-0.4, -0.2) is 0 Å². The summed E-state index contributed by atoms with van der Waals surface area (Å²) in [7, 11) is 0. The van der Waals surface area contributed by atoms with Gasteiger partial charge in [-0.05, 0) is 93.9 Å². The Labute approximate surface area is 200 Å². The van der Waals surface area contributed by atoms with Crippen LogP contribution in [-0.2, 0) is 10.8 Å². The van der Waals surface area contributed by atoms with E-state index >= 15 is 0 Å². The van der Waals surface area contributed by atoms with Crippen molar-refractivity contribution in [2.24, 2.45) is 0 Å². The first-order valence-electron chi connectivity index (χ1n) is 13.1. The summed E-state index contributed by atoms with van der Waals surface area (Å²) in [5.74, 6) is 1.23. The van der Waals surface area contributed by atoms with E-state index in [-0.39, 0.29) is 10.8 Å². The molecule has 0 bridgehead atoms. The topological polar surface area (TPSA) is 0 Å². The van der Waals surface area contributed by atoms with Gasteiger partial charge < -0.3 is 0 Å². The molecule has 0 saturated heterocycles. The zero-order chi connectivity index (χ0) is 24.1. The molecule has 0 spiro atoms. The van der Waals surface area contributed by atoms with Crippen LogP contribution in [0.4, 0.5) is 0 Å². The lowest BCUT2D eigenvalue weighted by molar-refractivity contribution is 0.572. The molecule has 2 aromatic rings. The first-order valence-corrected chi connectivity index (χ1v) is 13.1. The Bertz CT molecular complexity index is 783. The molecule has 0 fully saturated rings. The van der Waals surface area contributed by atoms with E-state index in [1.807, 2.05) is 0 Å². The molecule has 0 heterocycles. The zero-order valence-corrected chi connectivity index (χ0v) is 22.7. The highest BCUT2D eigenvalue weighted by atomic mass is 14.3. The van der Waals surface area contributed by atoms with E-state index in [1.165, 1.54) is 71.9 Å². The predicted octanol–water partition coefficient (Wildman–Crippen LogP) is 10.1. The summed E-state index contributed by atoms with van der Waals surface area (Å²) in [4.78, 5) is 0. The quantitative estimate of drug-likeness (QED) is 0.369. The van der Waals surface area contributed by atoms with E-state index < -0.39 is 0 Å². The van der Waals surface area contributed by atoms with Crippen LogP contribution in [0.1, 0.15) is 142 Å². The van der Waals surface area contributed by atoms with Crippen molar-refractivity contribution in [1.82, 2.24) is 0 Å². The average Bonchev–Trinajstić information content (AvgIpc) is 2.73. The lowest BCUT2D eigenvalue weighted by Crippen LogP contribution is -2.14. The molecule has 0 aliphatic carbocycles. The van der Waals surface area contributed by atoms with Crippen molar-refractivity contribution in [2.75, 3.05) is 0 Å². The van der Waals surface area contributed by atoms with Crippen molar-refractivity contribution >= 4 is 0 Å². The minimum atomic E-state index is 0.0773. The molecule has 2 rings (SSSR count). The average molecular weight is 433 g/mol. The minimum Gasteiger partial charge on any atom is -0.0654 e. The molecule has 32 heavy (non-hydrogen) atoms. The third-order valence-electron chi connectivity index (χ3n) is 6.89. The second-order valence-corrected chi connectivity index (χ2v) is 11.8. The highest BCUT2D eigenvalue weighted by Crippen LogP contribution is 2.37. The van der Waals surface area contributed by atoms with E-state index in [0.717, 1.165) is 0 Å². The summed E-state index contributed by atoms with van der Waals surface area (Å²) in [5.41, 5.74) is 8.19. The molecule has 0 nitrogen and oxygen atoms in total. The summed E-state index contributed by atoms with van der Waals surface area (Å²) >= 11 is 0. The van der Waals surface area contributed by atoms with Crippen molar-refractivity contribution in [3.63, 3.8) is 0 Å². The van der Waals surface area contributed by atoms with Crippen molar-refractivity contribution in [1.29, 1.82) is 0 Å². The van der Waals surface area contributed by atoms with Gasteiger partial charge in [-0.3, -0.25) is 0 Å². The SMILES string of the molecule is CCCC(CC)c1cc(-c2[c]c(C(C)(C)C)cc(C(CC)CCC)c2)[c]c(C(C)(C)C)c1. The fraction of sp³-hybridized carbons (Fsp3) is 0.625. The molecule has 2 radical (unpaired) electrons. The van der Waals surface area contributed by atoms with Crippen molar-refractivity contribution < 1.29 is 0 Å². The molecule has 0 aromatic heterocycles.